The van der Waals surface area contributed by atoms with Crippen LogP contribution in [0.5, 0.6) is 5.75 Å². The van der Waals surface area contributed by atoms with Crippen molar-refractivity contribution in [3.8, 4) is 5.75 Å². The van der Waals surface area contributed by atoms with E-state index in [-0.39, 0.29) is 23.6 Å². The van der Waals surface area contributed by atoms with Gasteiger partial charge in [0.05, 0.1) is 0 Å². The zero-order valence-corrected chi connectivity index (χ0v) is 16.8. The molecule has 2 unspecified atom stereocenters. The lowest BCUT2D eigenvalue weighted by Crippen LogP contribution is -2.41. The second-order valence-corrected chi connectivity index (χ2v) is 8.16. The van der Waals surface area contributed by atoms with E-state index < -0.39 is 0 Å². The van der Waals surface area contributed by atoms with E-state index in [9.17, 15) is 9.90 Å². The highest BCUT2D eigenvalue weighted by atomic mass is 16.3. The number of pyridine rings is 1. The summed E-state index contributed by atoms with van der Waals surface area (Å²) >= 11 is 0. The first-order valence-electron chi connectivity index (χ1n) is 10.1. The molecule has 0 spiro atoms. The van der Waals surface area contributed by atoms with Gasteiger partial charge in [-0.25, -0.2) is 0 Å². The van der Waals surface area contributed by atoms with Crippen LogP contribution in [0.3, 0.4) is 0 Å². The smallest absolute Gasteiger partial charge is 0.220 e. The average molecular weight is 382 g/mol. The maximum absolute atomic E-state index is 12.7. The number of carbonyl (C=O) groups is 1. The molecule has 0 radical (unpaired) electrons. The molecule has 1 aromatic carbocycles. The molecule has 1 aromatic heterocycles. The standard InChI is InChI=1S/C23H31N3O2/c1-26(2)21(13-18-7-9-22(27)10-8-18)16-25-23(28)14-20(12-17-5-6-17)19-4-3-11-24-15-19/h3-4,7-11,15,17,20-21,27H,5-6,12-14,16H2,1-2H3,(H,25,28). The Morgan fingerprint density at radius 3 is 2.61 bits per heavy atom. The Balaban J connectivity index is 1.54. The normalized spacial score (nSPS) is 16.0. The molecule has 0 bridgehead atoms. The van der Waals surface area contributed by atoms with Crippen LogP contribution in [0.2, 0.25) is 0 Å². The van der Waals surface area contributed by atoms with Crippen molar-refractivity contribution >= 4 is 5.91 Å². The summed E-state index contributed by atoms with van der Waals surface area (Å²) in [5.74, 6) is 1.39. The molecule has 0 aliphatic heterocycles. The molecular weight excluding hydrogens is 350 g/mol. The third-order valence-corrected chi connectivity index (χ3v) is 5.58. The number of hydrogen-bond acceptors (Lipinski definition) is 4. The first kappa shape index (κ1) is 20.3. The second-order valence-electron chi connectivity index (χ2n) is 8.16. The maximum atomic E-state index is 12.7. The minimum absolute atomic E-state index is 0.104. The van der Waals surface area contributed by atoms with E-state index in [1.807, 2.05) is 38.5 Å². The molecule has 5 nitrogen and oxygen atoms in total. The van der Waals surface area contributed by atoms with Gasteiger partial charge in [0.15, 0.2) is 0 Å². The van der Waals surface area contributed by atoms with Crippen molar-refractivity contribution in [1.29, 1.82) is 0 Å². The zero-order valence-electron chi connectivity index (χ0n) is 16.8. The Morgan fingerprint density at radius 1 is 1.25 bits per heavy atom. The van der Waals surface area contributed by atoms with E-state index >= 15 is 0 Å². The summed E-state index contributed by atoms with van der Waals surface area (Å²) in [6.45, 7) is 0.607. The lowest BCUT2D eigenvalue weighted by molar-refractivity contribution is -0.121. The van der Waals surface area contributed by atoms with E-state index in [2.05, 4.69) is 21.3 Å². The van der Waals surface area contributed by atoms with Gasteiger partial charge < -0.3 is 15.3 Å². The summed E-state index contributed by atoms with van der Waals surface area (Å²) in [5.41, 5.74) is 2.31. The summed E-state index contributed by atoms with van der Waals surface area (Å²) < 4.78 is 0. The molecule has 0 saturated heterocycles. The van der Waals surface area contributed by atoms with Crippen LogP contribution in [0, 0.1) is 5.92 Å². The van der Waals surface area contributed by atoms with Crippen molar-refractivity contribution in [3.05, 3.63) is 59.9 Å². The zero-order chi connectivity index (χ0) is 19.9. The van der Waals surface area contributed by atoms with Gasteiger partial charge in [-0.2, -0.15) is 0 Å². The van der Waals surface area contributed by atoms with Crippen molar-refractivity contribution in [3.63, 3.8) is 0 Å². The number of rotatable bonds is 10. The Bertz CT molecular complexity index is 742. The lowest BCUT2D eigenvalue weighted by atomic mass is 9.91. The molecule has 5 heteroatoms. The van der Waals surface area contributed by atoms with Crippen LogP contribution in [0.25, 0.3) is 0 Å². The minimum atomic E-state index is 0.104. The van der Waals surface area contributed by atoms with Crippen molar-refractivity contribution in [2.75, 3.05) is 20.6 Å². The largest absolute Gasteiger partial charge is 0.508 e. The van der Waals surface area contributed by atoms with Crippen molar-refractivity contribution in [2.45, 2.75) is 44.1 Å². The van der Waals surface area contributed by atoms with Crippen LogP contribution in [-0.2, 0) is 11.2 Å². The highest BCUT2D eigenvalue weighted by Gasteiger charge is 2.28. The number of phenolic OH excluding ortho intramolecular Hbond substituents is 1. The van der Waals surface area contributed by atoms with Gasteiger partial charge in [-0.1, -0.05) is 31.0 Å². The number of nitrogens with zero attached hydrogens (tertiary/aromatic N) is 2. The fraction of sp³-hybridized carbons (Fsp3) is 0.478. The second kappa shape index (κ2) is 9.69. The van der Waals surface area contributed by atoms with Gasteiger partial charge in [-0.3, -0.25) is 9.78 Å². The summed E-state index contributed by atoms with van der Waals surface area (Å²) in [6, 6.07) is 11.5. The number of benzene rings is 1. The molecule has 1 fully saturated rings. The van der Waals surface area contributed by atoms with E-state index in [1.165, 1.54) is 12.8 Å². The topological polar surface area (TPSA) is 65.5 Å². The van der Waals surface area contributed by atoms with Gasteiger partial charge in [0.1, 0.15) is 5.75 Å². The third-order valence-electron chi connectivity index (χ3n) is 5.58. The predicted molar refractivity (Wildman–Crippen MR) is 111 cm³/mol. The van der Waals surface area contributed by atoms with Crippen LogP contribution < -0.4 is 5.32 Å². The number of carbonyl (C=O) groups excluding carboxylic acids is 1. The van der Waals surface area contributed by atoms with Gasteiger partial charge >= 0.3 is 0 Å². The van der Waals surface area contributed by atoms with E-state index in [1.54, 1.807) is 18.3 Å². The number of phenols is 1. The SMILES string of the molecule is CN(C)C(CNC(=O)CC(CC1CC1)c1cccnc1)Cc1ccc(O)cc1. The number of aromatic nitrogens is 1. The van der Waals surface area contributed by atoms with Gasteiger partial charge in [-0.15, -0.1) is 0 Å². The fourth-order valence-corrected chi connectivity index (χ4v) is 3.58. The molecule has 1 heterocycles. The minimum Gasteiger partial charge on any atom is -0.508 e. The Kier molecular flexibility index (Phi) is 7.04. The highest BCUT2D eigenvalue weighted by Crippen LogP contribution is 2.39. The first-order valence-corrected chi connectivity index (χ1v) is 10.1. The molecule has 2 aromatic rings. The average Bonchev–Trinajstić information content (AvgIpc) is 3.50. The van der Waals surface area contributed by atoms with E-state index in [4.69, 9.17) is 0 Å². The number of nitrogens with one attached hydrogen (secondary N) is 1. The number of likely N-dealkylation sites (N-methyl/N-ethyl adjacent to an activating group) is 1. The molecule has 150 valence electrons. The molecule has 2 atom stereocenters. The summed E-state index contributed by atoms with van der Waals surface area (Å²) in [7, 11) is 4.06. The summed E-state index contributed by atoms with van der Waals surface area (Å²) in [4.78, 5) is 19.0. The number of amides is 1. The quantitative estimate of drug-likeness (QED) is 0.662. The van der Waals surface area contributed by atoms with Gasteiger partial charge in [-0.05, 0) is 68.1 Å². The van der Waals surface area contributed by atoms with E-state index in [0.29, 0.717) is 13.0 Å². The first-order chi connectivity index (χ1) is 13.5. The molecule has 1 aliphatic carbocycles. The Morgan fingerprint density at radius 2 is 2.00 bits per heavy atom. The Labute approximate surface area is 167 Å². The van der Waals surface area contributed by atoms with Crippen LogP contribution in [0.15, 0.2) is 48.8 Å². The number of aromatic hydroxyl groups is 1. The van der Waals surface area contributed by atoms with Crippen molar-refractivity contribution in [1.82, 2.24) is 15.2 Å². The molecule has 28 heavy (non-hydrogen) atoms. The Hall–Kier alpha value is -2.40. The molecule has 1 amide bonds. The third kappa shape index (κ3) is 6.34. The molecule has 3 rings (SSSR count). The maximum Gasteiger partial charge on any atom is 0.220 e. The van der Waals surface area contributed by atoms with Crippen LogP contribution in [0.1, 0.15) is 42.7 Å². The predicted octanol–water partition coefficient (Wildman–Crippen LogP) is 3.35. The highest BCUT2D eigenvalue weighted by molar-refractivity contribution is 5.76. The van der Waals surface area contributed by atoms with Gasteiger partial charge in [0.2, 0.25) is 5.91 Å². The lowest BCUT2D eigenvalue weighted by Gasteiger charge is -2.25. The fourth-order valence-electron chi connectivity index (χ4n) is 3.58. The van der Waals surface area contributed by atoms with Crippen LogP contribution in [0.4, 0.5) is 0 Å². The van der Waals surface area contributed by atoms with E-state index in [0.717, 1.165) is 29.9 Å². The summed E-state index contributed by atoms with van der Waals surface area (Å²) in [5, 5.41) is 12.6. The van der Waals surface area contributed by atoms with Crippen molar-refractivity contribution < 1.29 is 9.90 Å². The monoisotopic (exact) mass is 381 g/mol. The molecule has 1 saturated carbocycles. The van der Waals surface area contributed by atoms with Gasteiger partial charge in [0, 0.05) is 31.4 Å². The van der Waals surface area contributed by atoms with Crippen LogP contribution in [-0.4, -0.2) is 47.6 Å². The van der Waals surface area contributed by atoms with Crippen molar-refractivity contribution in [2.24, 2.45) is 5.92 Å². The van der Waals surface area contributed by atoms with Gasteiger partial charge in [0.25, 0.3) is 0 Å². The number of hydrogen-bond donors (Lipinski definition) is 2. The molecule has 1 aliphatic rings. The molecule has 2 N–H and O–H groups in total. The van der Waals surface area contributed by atoms with Crippen LogP contribution >= 0.6 is 0 Å². The summed E-state index contributed by atoms with van der Waals surface area (Å²) in [6.07, 6.45) is 8.66. The molecular formula is C23H31N3O2.